The lowest BCUT2D eigenvalue weighted by Gasteiger charge is -2.27. The summed E-state index contributed by atoms with van der Waals surface area (Å²) in [5.74, 6) is -1.64. The van der Waals surface area contributed by atoms with Gasteiger partial charge in [0.15, 0.2) is 0 Å². The van der Waals surface area contributed by atoms with Gasteiger partial charge in [-0.3, -0.25) is 9.59 Å². The third-order valence-electron chi connectivity index (χ3n) is 5.13. The zero-order valence-electron chi connectivity index (χ0n) is 22.3. The summed E-state index contributed by atoms with van der Waals surface area (Å²) < 4.78 is 9.94. The van der Waals surface area contributed by atoms with E-state index in [0.717, 1.165) is 5.56 Å². The molecule has 0 radical (unpaired) electrons. The van der Waals surface area contributed by atoms with Crippen molar-refractivity contribution in [3.8, 4) is 0 Å². The van der Waals surface area contributed by atoms with Crippen LogP contribution < -0.4 is 16.0 Å². The van der Waals surface area contributed by atoms with E-state index in [1.54, 1.807) is 20.8 Å². The summed E-state index contributed by atoms with van der Waals surface area (Å²) in [4.78, 5) is 49.6. The lowest BCUT2D eigenvalue weighted by molar-refractivity contribution is -0.144. The number of alkyl carbamates (subject to hydrolysis) is 1. The number of amides is 3. The van der Waals surface area contributed by atoms with Gasteiger partial charge in [0.1, 0.15) is 17.7 Å². The standard InChI is InChI=1S/C26H41N3O7/c1-16(2)13-20(23(32)27-17(3)24(33)35-7)28-22(31)15-21(30)19(14-18-11-9-8-10-12-18)29-25(34)36-26(4,5)6/h8-12,16-17,19-21,30H,13-15H2,1-7H3,(H,27,32)(H,28,31)(H,29,34)/t17-,19-,20-,21-/m0/s1. The van der Waals surface area contributed by atoms with Crippen molar-refractivity contribution in [1.29, 1.82) is 0 Å². The molecule has 0 saturated heterocycles. The minimum Gasteiger partial charge on any atom is -0.467 e. The molecule has 0 saturated carbocycles. The van der Waals surface area contributed by atoms with Crippen molar-refractivity contribution in [2.24, 2.45) is 5.92 Å². The maximum Gasteiger partial charge on any atom is 0.407 e. The van der Waals surface area contributed by atoms with E-state index in [1.807, 2.05) is 44.2 Å². The number of hydrogen-bond acceptors (Lipinski definition) is 7. The van der Waals surface area contributed by atoms with Crippen LogP contribution in [0.1, 0.15) is 59.9 Å². The second kappa shape index (κ2) is 14.4. The van der Waals surface area contributed by atoms with Crippen molar-refractivity contribution >= 4 is 23.9 Å². The zero-order chi connectivity index (χ0) is 27.5. The molecule has 0 spiro atoms. The molecule has 10 nitrogen and oxygen atoms in total. The van der Waals surface area contributed by atoms with Gasteiger partial charge < -0.3 is 30.5 Å². The quantitative estimate of drug-likeness (QED) is 0.317. The Morgan fingerprint density at radius 1 is 0.972 bits per heavy atom. The maximum atomic E-state index is 12.8. The van der Waals surface area contributed by atoms with Gasteiger partial charge in [0.2, 0.25) is 11.8 Å². The first kappa shape index (κ1) is 30.9. The fourth-order valence-corrected chi connectivity index (χ4v) is 3.45. The summed E-state index contributed by atoms with van der Waals surface area (Å²) in [5, 5.41) is 18.7. The van der Waals surface area contributed by atoms with Gasteiger partial charge >= 0.3 is 12.1 Å². The lowest BCUT2D eigenvalue weighted by atomic mass is 9.98. The Balaban J connectivity index is 2.92. The Labute approximate surface area is 213 Å². The number of methoxy groups -OCH3 is 1. The fraction of sp³-hybridized carbons (Fsp3) is 0.615. The first-order valence-corrected chi connectivity index (χ1v) is 12.1. The summed E-state index contributed by atoms with van der Waals surface area (Å²) in [7, 11) is 1.22. The van der Waals surface area contributed by atoms with Crippen LogP contribution in [0.25, 0.3) is 0 Å². The van der Waals surface area contributed by atoms with Gasteiger partial charge in [0.25, 0.3) is 0 Å². The van der Waals surface area contributed by atoms with Gasteiger partial charge in [-0.25, -0.2) is 9.59 Å². The maximum absolute atomic E-state index is 12.8. The summed E-state index contributed by atoms with van der Waals surface area (Å²) in [6.07, 6.45) is -1.74. The van der Waals surface area contributed by atoms with Crippen LogP contribution in [0, 0.1) is 5.92 Å². The highest BCUT2D eigenvalue weighted by Crippen LogP contribution is 2.13. The first-order valence-electron chi connectivity index (χ1n) is 12.1. The number of hydrogen-bond donors (Lipinski definition) is 4. The highest BCUT2D eigenvalue weighted by atomic mass is 16.6. The zero-order valence-corrected chi connectivity index (χ0v) is 22.3. The van der Waals surface area contributed by atoms with E-state index in [4.69, 9.17) is 4.74 Å². The topological polar surface area (TPSA) is 143 Å². The Hall–Kier alpha value is -3.14. The molecule has 0 aliphatic rings. The molecular formula is C26H41N3O7. The van der Waals surface area contributed by atoms with E-state index in [9.17, 15) is 24.3 Å². The average molecular weight is 508 g/mol. The van der Waals surface area contributed by atoms with E-state index in [2.05, 4.69) is 20.7 Å². The number of esters is 1. The number of rotatable bonds is 12. The van der Waals surface area contributed by atoms with Crippen LogP contribution in [-0.4, -0.2) is 65.9 Å². The predicted octanol–water partition coefficient (Wildman–Crippen LogP) is 2.08. The van der Waals surface area contributed by atoms with E-state index in [0.29, 0.717) is 6.42 Å². The van der Waals surface area contributed by atoms with Gasteiger partial charge in [-0.2, -0.15) is 0 Å². The molecule has 4 atom stereocenters. The van der Waals surface area contributed by atoms with Gasteiger partial charge in [-0.1, -0.05) is 44.2 Å². The van der Waals surface area contributed by atoms with Crippen molar-refractivity contribution in [2.45, 2.75) is 90.6 Å². The van der Waals surface area contributed by atoms with Gasteiger partial charge in [0, 0.05) is 0 Å². The second-order valence-electron chi connectivity index (χ2n) is 10.2. The van der Waals surface area contributed by atoms with Crippen molar-refractivity contribution in [1.82, 2.24) is 16.0 Å². The normalized spacial score (nSPS) is 14.7. The SMILES string of the molecule is COC(=O)[C@H](C)NC(=O)[C@H](CC(C)C)NC(=O)C[C@H](O)[C@H](Cc1ccccc1)NC(=O)OC(C)(C)C. The number of benzene rings is 1. The molecule has 10 heteroatoms. The number of aliphatic hydroxyl groups is 1. The minimum atomic E-state index is -1.26. The van der Waals surface area contributed by atoms with Crippen LogP contribution in [0.3, 0.4) is 0 Å². The Kier molecular flexibility index (Phi) is 12.4. The van der Waals surface area contributed by atoms with Gasteiger partial charge in [-0.05, 0) is 52.0 Å². The van der Waals surface area contributed by atoms with Crippen LogP contribution >= 0.6 is 0 Å². The molecule has 0 heterocycles. The summed E-state index contributed by atoms with van der Waals surface area (Å²) in [5.41, 5.74) is 0.120. The monoisotopic (exact) mass is 507 g/mol. The number of carbonyl (C=O) groups excluding carboxylic acids is 4. The molecule has 4 N–H and O–H groups in total. The van der Waals surface area contributed by atoms with E-state index in [-0.39, 0.29) is 18.8 Å². The number of aliphatic hydroxyl groups excluding tert-OH is 1. The minimum absolute atomic E-state index is 0.0686. The van der Waals surface area contributed by atoms with E-state index < -0.39 is 53.7 Å². The molecule has 202 valence electrons. The fourth-order valence-electron chi connectivity index (χ4n) is 3.45. The second-order valence-corrected chi connectivity index (χ2v) is 10.2. The molecule has 36 heavy (non-hydrogen) atoms. The number of carbonyl (C=O) groups is 4. The lowest BCUT2D eigenvalue weighted by Crippen LogP contribution is -2.53. The molecule has 0 fully saturated rings. The molecule has 0 bridgehead atoms. The first-order chi connectivity index (χ1) is 16.7. The predicted molar refractivity (Wildman–Crippen MR) is 135 cm³/mol. The largest absolute Gasteiger partial charge is 0.467 e. The van der Waals surface area contributed by atoms with Crippen LogP contribution in [0.5, 0.6) is 0 Å². The molecule has 0 aliphatic carbocycles. The van der Waals surface area contributed by atoms with E-state index >= 15 is 0 Å². The molecular weight excluding hydrogens is 466 g/mol. The third kappa shape index (κ3) is 12.0. The summed E-state index contributed by atoms with van der Waals surface area (Å²) in [6, 6.07) is 6.61. The van der Waals surface area contributed by atoms with Crippen molar-refractivity contribution < 1.29 is 33.8 Å². The Morgan fingerprint density at radius 2 is 1.58 bits per heavy atom. The van der Waals surface area contributed by atoms with Crippen LogP contribution in [0.2, 0.25) is 0 Å². The molecule has 1 aromatic rings. The molecule has 0 unspecified atom stereocenters. The van der Waals surface area contributed by atoms with E-state index in [1.165, 1.54) is 14.0 Å². The van der Waals surface area contributed by atoms with Crippen LogP contribution in [-0.2, 0) is 30.3 Å². The number of ether oxygens (including phenoxy) is 2. The molecule has 1 rings (SSSR count). The highest BCUT2D eigenvalue weighted by Gasteiger charge is 2.29. The van der Waals surface area contributed by atoms with Crippen LogP contribution in [0.15, 0.2) is 30.3 Å². The molecule has 1 aromatic carbocycles. The van der Waals surface area contributed by atoms with Crippen molar-refractivity contribution in [3.63, 3.8) is 0 Å². The molecule has 0 aromatic heterocycles. The summed E-state index contributed by atoms with van der Waals surface area (Å²) >= 11 is 0. The smallest absolute Gasteiger partial charge is 0.407 e. The van der Waals surface area contributed by atoms with Crippen molar-refractivity contribution in [2.75, 3.05) is 7.11 Å². The Bertz CT molecular complexity index is 868. The van der Waals surface area contributed by atoms with Gasteiger partial charge in [0.05, 0.1) is 25.7 Å². The highest BCUT2D eigenvalue weighted by molar-refractivity contribution is 5.90. The van der Waals surface area contributed by atoms with Crippen LogP contribution in [0.4, 0.5) is 4.79 Å². The molecule has 0 aliphatic heterocycles. The summed E-state index contributed by atoms with van der Waals surface area (Å²) in [6.45, 7) is 10.5. The third-order valence-corrected chi connectivity index (χ3v) is 5.13. The molecule has 3 amide bonds. The average Bonchev–Trinajstić information content (AvgIpc) is 2.76. The number of nitrogens with one attached hydrogen (secondary N) is 3. The Morgan fingerprint density at radius 3 is 2.11 bits per heavy atom. The van der Waals surface area contributed by atoms with Gasteiger partial charge in [-0.15, -0.1) is 0 Å². The van der Waals surface area contributed by atoms with Crippen molar-refractivity contribution in [3.05, 3.63) is 35.9 Å².